The van der Waals surface area contributed by atoms with E-state index in [0.717, 1.165) is 47.2 Å². The highest BCUT2D eigenvalue weighted by atomic mass is 32.1. The quantitative estimate of drug-likeness (QED) is 0.712. The van der Waals surface area contributed by atoms with Gasteiger partial charge in [-0.3, -0.25) is 4.79 Å². The van der Waals surface area contributed by atoms with Crippen molar-refractivity contribution in [1.29, 1.82) is 0 Å². The van der Waals surface area contributed by atoms with Crippen LogP contribution in [0.2, 0.25) is 0 Å². The van der Waals surface area contributed by atoms with E-state index in [1.165, 1.54) is 11.3 Å². The fourth-order valence-corrected chi connectivity index (χ4v) is 4.69. The molecule has 26 heavy (non-hydrogen) atoms. The van der Waals surface area contributed by atoms with E-state index in [2.05, 4.69) is 15.2 Å². The second-order valence-corrected chi connectivity index (χ2v) is 8.12. The molecule has 1 aromatic carbocycles. The van der Waals surface area contributed by atoms with Crippen LogP contribution in [0.4, 0.5) is 11.4 Å². The van der Waals surface area contributed by atoms with Crippen LogP contribution in [0.1, 0.15) is 23.3 Å². The number of amides is 1. The summed E-state index contributed by atoms with van der Waals surface area (Å²) < 4.78 is 0. The molecule has 0 spiro atoms. The van der Waals surface area contributed by atoms with Crippen LogP contribution < -0.4 is 16.0 Å². The fourth-order valence-electron chi connectivity index (χ4n) is 3.07. The van der Waals surface area contributed by atoms with Gasteiger partial charge in [-0.15, -0.1) is 22.7 Å². The molecule has 0 saturated carbocycles. The Morgan fingerprint density at radius 3 is 2.73 bits per heavy atom. The molecule has 4 rings (SSSR count). The maximum Gasteiger partial charge on any atom is 0.275 e. The standard InChI is InChI=1S/C19H20N4OS2/c20-13-7-9-23(10-8-13)16-5-2-1-4-14(16)21-18(24)15-12-26-19(22-15)17-6-3-11-25-17/h1-6,11-13H,7-10,20H2,(H,21,24). The Balaban J connectivity index is 1.51. The van der Waals surface area contributed by atoms with Crippen molar-refractivity contribution in [2.45, 2.75) is 18.9 Å². The van der Waals surface area contributed by atoms with E-state index in [9.17, 15) is 4.79 Å². The number of rotatable bonds is 4. The molecule has 1 aliphatic rings. The summed E-state index contributed by atoms with van der Waals surface area (Å²) in [6.07, 6.45) is 1.94. The van der Waals surface area contributed by atoms with Crippen LogP contribution in [0.25, 0.3) is 9.88 Å². The molecule has 0 atom stereocenters. The third-order valence-electron chi connectivity index (χ3n) is 4.50. The first-order valence-corrected chi connectivity index (χ1v) is 10.4. The maximum absolute atomic E-state index is 12.7. The molecule has 3 heterocycles. The molecule has 7 heteroatoms. The molecule has 1 amide bonds. The number of nitrogens with one attached hydrogen (secondary N) is 1. The van der Waals surface area contributed by atoms with Crippen molar-refractivity contribution in [2.75, 3.05) is 23.3 Å². The average Bonchev–Trinajstić information content (AvgIpc) is 3.34. The van der Waals surface area contributed by atoms with Crippen LogP contribution in [0.5, 0.6) is 0 Å². The van der Waals surface area contributed by atoms with E-state index in [4.69, 9.17) is 5.73 Å². The first kappa shape index (κ1) is 17.2. The van der Waals surface area contributed by atoms with Crippen molar-refractivity contribution >= 4 is 40.0 Å². The topological polar surface area (TPSA) is 71.2 Å². The van der Waals surface area contributed by atoms with Gasteiger partial charge in [-0.2, -0.15) is 0 Å². The number of hydrogen-bond acceptors (Lipinski definition) is 6. The molecular weight excluding hydrogens is 364 g/mol. The summed E-state index contributed by atoms with van der Waals surface area (Å²) in [4.78, 5) is 20.5. The molecule has 0 unspecified atom stereocenters. The molecule has 134 valence electrons. The number of piperidine rings is 1. The largest absolute Gasteiger partial charge is 0.370 e. The van der Waals surface area contributed by atoms with Crippen molar-refractivity contribution in [3.05, 3.63) is 52.9 Å². The van der Waals surface area contributed by atoms with Crippen LogP contribution in [-0.4, -0.2) is 30.0 Å². The van der Waals surface area contributed by atoms with Crippen molar-refractivity contribution < 1.29 is 4.79 Å². The summed E-state index contributed by atoms with van der Waals surface area (Å²) in [5.41, 5.74) is 8.32. The van der Waals surface area contributed by atoms with Gasteiger partial charge in [0.05, 0.1) is 16.3 Å². The SMILES string of the molecule is NC1CCN(c2ccccc2NC(=O)c2csc(-c3cccs3)n2)CC1. The Morgan fingerprint density at radius 2 is 1.96 bits per heavy atom. The monoisotopic (exact) mass is 384 g/mol. The van der Waals surface area contributed by atoms with Gasteiger partial charge in [-0.1, -0.05) is 18.2 Å². The summed E-state index contributed by atoms with van der Waals surface area (Å²) in [5.74, 6) is -0.176. The predicted octanol–water partition coefficient (Wildman–Crippen LogP) is 4.05. The van der Waals surface area contributed by atoms with E-state index in [1.54, 1.807) is 11.3 Å². The number of carbonyl (C=O) groups excluding carboxylic acids is 1. The Hall–Kier alpha value is -2.22. The molecule has 1 saturated heterocycles. The Bertz CT molecular complexity index is 883. The molecule has 3 aromatic rings. The van der Waals surface area contributed by atoms with Gasteiger partial charge in [0.1, 0.15) is 10.7 Å². The zero-order valence-corrected chi connectivity index (χ0v) is 15.9. The van der Waals surface area contributed by atoms with Gasteiger partial charge >= 0.3 is 0 Å². The molecule has 0 aliphatic carbocycles. The summed E-state index contributed by atoms with van der Waals surface area (Å²) in [7, 11) is 0. The summed E-state index contributed by atoms with van der Waals surface area (Å²) in [6.45, 7) is 1.82. The second kappa shape index (κ2) is 7.57. The zero-order valence-electron chi connectivity index (χ0n) is 14.2. The van der Waals surface area contributed by atoms with E-state index in [1.807, 2.05) is 47.2 Å². The minimum Gasteiger partial charge on any atom is -0.370 e. The van der Waals surface area contributed by atoms with Crippen LogP contribution in [0.3, 0.4) is 0 Å². The summed E-state index contributed by atoms with van der Waals surface area (Å²) in [5, 5.41) is 7.73. The van der Waals surface area contributed by atoms with E-state index in [-0.39, 0.29) is 11.9 Å². The van der Waals surface area contributed by atoms with Crippen molar-refractivity contribution in [2.24, 2.45) is 5.73 Å². The summed E-state index contributed by atoms with van der Waals surface area (Å²) in [6, 6.07) is 12.2. The molecule has 5 nitrogen and oxygen atoms in total. The van der Waals surface area contributed by atoms with Gasteiger partial charge in [0, 0.05) is 24.5 Å². The molecule has 2 aromatic heterocycles. The summed E-state index contributed by atoms with van der Waals surface area (Å²) >= 11 is 3.12. The predicted molar refractivity (Wildman–Crippen MR) is 109 cm³/mol. The number of nitrogens with zero attached hydrogens (tertiary/aromatic N) is 2. The number of nitrogens with two attached hydrogens (primary N) is 1. The lowest BCUT2D eigenvalue weighted by atomic mass is 10.0. The lowest BCUT2D eigenvalue weighted by Crippen LogP contribution is -2.40. The number of benzene rings is 1. The molecule has 3 N–H and O–H groups in total. The zero-order chi connectivity index (χ0) is 17.9. The van der Waals surface area contributed by atoms with E-state index >= 15 is 0 Å². The van der Waals surface area contributed by atoms with Crippen molar-refractivity contribution in [1.82, 2.24) is 4.98 Å². The third kappa shape index (κ3) is 3.65. The number of carbonyl (C=O) groups is 1. The number of thiazole rings is 1. The van der Waals surface area contributed by atoms with Gasteiger partial charge in [-0.05, 0) is 36.4 Å². The van der Waals surface area contributed by atoms with Crippen molar-refractivity contribution in [3.63, 3.8) is 0 Å². The lowest BCUT2D eigenvalue weighted by molar-refractivity contribution is 0.102. The highest BCUT2D eigenvalue weighted by molar-refractivity contribution is 7.20. The van der Waals surface area contributed by atoms with Crippen molar-refractivity contribution in [3.8, 4) is 9.88 Å². The highest BCUT2D eigenvalue weighted by Gasteiger charge is 2.20. The smallest absolute Gasteiger partial charge is 0.275 e. The van der Waals surface area contributed by atoms with Gasteiger partial charge < -0.3 is 16.0 Å². The minimum absolute atomic E-state index is 0.176. The number of hydrogen-bond donors (Lipinski definition) is 2. The van der Waals surface area contributed by atoms with Gasteiger partial charge in [0.25, 0.3) is 5.91 Å². The maximum atomic E-state index is 12.7. The van der Waals surface area contributed by atoms with Gasteiger partial charge in [0.2, 0.25) is 0 Å². The number of para-hydroxylation sites is 2. The van der Waals surface area contributed by atoms with E-state index < -0.39 is 0 Å². The first-order chi connectivity index (χ1) is 12.7. The van der Waals surface area contributed by atoms with Gasteiger partial charge in [0.15, 0.2) is 0 Å². The molecule has 0 bridgehead atoms. The number of aromatic nitrogens is 1. The molecule has 0 radical (unpaired) electrons. The lowest BCUT2D eigenvalue weighted by Gasteiger charge is -2.33. The molecular formula is C19H20N4OS2. The third-order valence-corrected chi connectivity index (χ3v) is 6.38. The first-order valence-electron chi connectivity index (χ1n) is 8.61. The highest BCUT2D eigenvalue weighted by Crippen LogP contribution is 2.30. The van der Waals surface area contributed by atoms with Crippen LogP contribution in [0.15, 0.2) is 47.2 Å². The Kier molecular flexibility index (Phi) is 5.01. The fraction of sp³-hybridized carbons (Fsp3) is 0.263. The van der Waals surface area contributed by atoms with Crippen LogP contribution >= 0.6 is 22.7 Å². The average molecular weight is 385 g/mol. The van der Waals surface area contributed by atoms with Crippen LogP contribution in [0, 0.1) is 0 Å². The Labute approximate surface area is 160 Å². The second-order valence-electron chi connectivity index (χ2n) is 6.31. The number of anilines is 2. The normalized spacial score (nSPS) is 15.2. The van der Waals surface area contributed by atoms with Crippen LogP contribution in [-0.2, 0) is 0 Å². The molecule has 1 fully saturated rings. The van der Waals surface area contributed by atoms with E-state index in [0.29, 0.717) is 5.69 Å². The molecule has 1 aliphatic heterocycles. The Morgan fingerprint density at radius 1 is 1.15 bits per heavy atom. The minimum atomic E-state index is -0.176. The van der Waals surface area contributed by atoms with Gasteiger partial charge in [-0.25, -0.2) is 4.98 Å². The number of thiophene rings is 1.